The molecule has 0 N–H and O–H groups in total. The van der Waals surface area contributed by atoms with Crippen molar-refractivity contribution in [3.8, 4) is 0 Å². The van der Waals surface area contributed by atoms with E-state index in [4.69, 9.17) is 0 Å². The van der Waals surface area contributed by atoms with Gasteiger partial charge in [-0.25, -0.2) is 0 Å². The van der Waals surface area contributed by atoms with Gasteiger partial charge in [0.1, 0.15) is 0 Å². The Morgan fingerprint density at radius 1 is 1.28 bits per heavy atom. The summed E-state index contributed by atoms with van der Waals surface area (Å²) in [5, 5.41) is 2.25. The Morgan fingerprint density at radius 2 is 1.94 bits per heavy atom. The van der Waals surface area contributed by atoms with E-state index in [0.29, 0.717) is 0 Å². The molecule has 0 heterocycles. The third kappa shape index (κ3) is 6.11. The zero-order chi connectivity index (χ0) is 13.4. The van der Waals surface area contributed by atoms with Gasteiger partial charge < -0.3 is 0 Å². The predicted molar refractivity (Wildman–Crippen MR) is 84.9 cm³/mol. The lowest BCUT2D eigenvalue weighted by atomic mass is 10.0. The van der Waals surface area contributed by atoms with Gasteiger partial charge in [-0.1, -0.05) is 48.9 Å². The van der Waals surface area contributed by atoms with Gasteiger partial charge in [-0.3, -0.25) is 0 Å². The van der Waals surface area contributed by atoms with Gasteiger partial charge in [-0.15, -0.1) is 11.8 Å². The highest BCUT2D eigenvalue weighted by Gasteiger charge is 1.96. The Labute approximate surface area is 116 Å². The molecule has 0 saturated heterocycles. The summed E-state index contributed by atoms with van der Waals surface area (Å²) in [5.41, 5.74) is 4.24. The molecular weight excluding hydrogens is 236 g/mol. The highest BCUT2D eigenvalue weighted by molar-refractivity contribution is 8.05. The zero-order valence-electron chi connectivity index (χ0n) is 11.8. The molecule has 0 radical (unpaired) electrons. The van der Waals surface area contributed by atoms with Crippen molar-refractivity contribution in [2.24, 2.45) is 0 Å². The summed E-state index contributed by atoms with van der Waals surface area (Å²) in [4.78, 5) is 1.24. The SMILES string of the molecule is C=C(CC)S/C=C(\C)CCCc1ccc(C)cc1. The monoisotopic (exact) mass is 260 g/mol. The van der Waals surface area contributed by atoms with E-state index in [2.05, 4.69) is 57.0 Å². The maximum absolute atomic E-state index is 4.00. The molecule has 0 aromatic heterocycles. The first-order valence-corrected chi connectivity index (χ1v) is 7.55. The molecule has 1 heteroatoms. The molecule has 0 saturated carbocycles. The molecule has 0 amide bonds. The van der Waals surface area contributed by atoms with Gasteiger partial charge in [-0.05, 0) is 55.4 Å². The maximum atomic E-state index is 4.00. The summed E-state index contributed by atoms with van der Waals surface area (Å²) in [6.07, 6.45) is 4.63. The molecule has 1 rings (SSSR count). The second kappa shape index (κ2) is 8.20. The Kier molecular flexibility index (Phi) is 6.89. The van der Waals surface area contributed by atoms with Crippen molar-refractivity contribution >= 4 is 11.8 Å². The molecule has 1 aromatic rings. The smallest absolute Gasteiger partial charge is 0.0183 e. The molecule has 0 bridgehead atoms. The van der Waals surface area contributed by atoms with Crippen molar-refractivity contribution in [2.45, 2.75) is 46.5 Å². The van der Waals surface area contributed by atoms with Crippen molar-refractivity contribution in [1.29, 1.82) is 0 Å². The molecule has 18 heavy (non-hydrogen) atoms. The van der Waals surface area contributed by atoms with Crippen LogP contribution in [0.2, 0.25) is 0 Å². The second-order valence-corrected chi connectivity index (χ2v) is 5.86. The molecule has 0 aliphatic carbocycles. The van der Waals surface area contributed by atoms with Gasteiger partial charge in [0.05, 0.1) is 0 Å². The van der Waals surface area contributed by atoms with Crippen LogP contribution >= 0.6 is 11.8 Å². The van der Waals surface area contributed by atoms with E-state index in [1.165, 1.54) is 40.9 Å². The van der Waals surface area contributed by atoms with E-state index in [-0.39, 0.29) is 0 Å². The molecule has 0 aliphatic heterocycles. The molecule has 0 nitrogen and oxygen atoms in total. The van der Waals surface area contributed by atoms with Crippen molar-refractivity contribution in [3.63, 3.8) is 0 Å². The minimum atomic E-state index is 1.05. The molecule has 0 atom stereocenters. The lowest BCUT2D eigenvalue weighted by Gasteiger charge is -2.04. The van der Waals surface area contributed by atoms with Gasteiger partial charge >= 0.3 is 0 Å². The van der Waals surface area contributed by atoms with E-state index in [9.17, 15) is 0 Å². The van der Waals surface area contributed by atoms with Crippen LogP contribution in [0.3, 0.4) is 0 Å². The van der Waals surface area contributed by atoms with Crippen molar-refractivity contribution < 1.29 is 0 Å². The van der Waals surface area contributed by atoms with Crippen LogP contribution < -0.4 is 0 Å². The number of hydrogen-bond donors (Lipinski definition) is 0. The third-order valence-electron chi connectivity index (χ3n) is 2.98. The molecule has 0 unspecified atom stereocenters. The van der Waals surface area contributed by atoms with Crippen LogP contribution in [0, 0.1) is 6.92 Å². The predicted octanol–water partition coefficient (Wildman–Crippen LogP) is 5.88. The van der Waals surface area contributed by atoms with Crippen LogP contribution in [0.4, 0.5) is 0 Å². The lowest BCUT2D eigenvalue weighted by Crippen LogP contribution is -1.86. The standard InChI is InChI=1S/C17H24S/c1-5-16(4)18-13-15(3)7-6-8-17-11-9-14(2)10-12-17/h9-13H,4-8H2,1-3H3/b15-13+. The second-order valence-electron chi connectivity index (χ2n) is 4.81. The average Bonchev–Trinajstić information content (AvgIpc) is 2.38. The Bertz CT molecular complexity index is 398. The van der Waals surface area contributed by atoms with Gasteiger partial charge in [0, 0.05) is 0 Å². The molecule has 0 fully saturated rings. The van der Waals surface area contributed by atoms with Crippen LogP contribution in [-0.2, 0) is 6.42 Å². The van der Waals surface area contributed by atoms with E-state index in [1.807, 2.05) is 0 Å². The Balaban J connectivity index is 2.28. The zero-order valence-corrected chi connectivity index (χ0v) is 12.6. The van der Waals surface area contributed by atoms with Crippen LogP contribution in [0.5, 0.6) is 0 Å². The Morgan fingerprint density at radius 3 is 2.56 bits per heavy atom. The minimum absolute atomic E-state index is 1.05. The number of rotatable bonds is 7. The summed E-state index contributed by atoms with van der Waals surface area (Å²) < 4.78 is 0. The van der Waals surface area contributed by atoms with Gasteiger partial charge in [-0.2, -0.15) is 0 Å². The lowest BCUT2D eigenvalue weighted by molar-refractivity contribution is 0.813. The fourth-order valence-electron chi connectivity index (χ4n) is 1.65. The summed E-state index contributed by atoms with van der Waals surface area (Å²) in [6, 6.07) is 8.86. The van der Waals surface area contributed by atoms with E-state index < -0.39 is 0 Å². The van der Waals surface area contributed by atoms with Crippen LogP contribution in [0.15, 0.2) is 46.7 Å². The average molecular weight is 260 g/mol. The number of aryl methyl sites for hydroxylation is 2. The molecule has 0 spiro atoms. The van der Waals surface area contributed by atoms with Crippen molar-refractivity contribution in [1.82, 2.24) is 0 Å². The number of hydrogen-bond acceptors (Lipinski definition) is 1. The Hall–Kier alpha value is -0.950. The number of thioether (sulfide) groups is 1. The first-order valence-electron chi connectivity index (χ1n) is 6.67. The molecule has 1 aromatic carbocycles. The quantitative estimate of drug-likeness (QED) is 0.590. The normalized spacial score (nSPS) is 11.6. The minimum Gasteiger partial charge on any atom is -0.103 e. The largest absolute Gasteiger partial charge is 0.103 e. The van der Waals surface area contributed by atoms with Gasteiger partial charge in [0.15, 0.2) is 0 Å². The van der Waals surface area contributed by atoms with Crippen molar-refractivity contribution in [2.75, 3.05) is 0 Å². The summed E-state index contributed by atoms with van der Waals surface area (Å²) >= 11 is 1.78. The molecule has 98 valence electrons. The fraction of sp³-hybridized carbons (Fsp3) is 0.412. The summed E-state index contributed by atoms with van der Waals surface area (Å²) in [6.45, 7) is 10.5. The maximum Gasteiger partial charge on any atom is -0.0183 e. The van der Waals surface area contributed by atoms with Crippen LogP contribution in [-0.4, -0.2) is 0 Å². The van der Waals surface area contributed by atoms with Crippen molar-refractivity contribution in [3.05, 3.63) is 57.9 Å². The fourth-order valence-corrected chi connectivity index (χ4v) is 2.30. The number of allylic oxidation sites excluding steroid dienone is 2. The van der Waals surface area contributed by atoms with E-state index >= 15 is 0 Å². The third-order valence-corrected chi connectivity index (χ3v) is 4.12. The van der Waals surface area contributed by atoms with Crippen LogP contribution in [0.25, 0.3) is 0 Å². The molecular formula is C17H24S. The molecule has 0 aliphatic rings. The topological polar surface area (TPSA) is 0 Å². The van der Waals surface area contributed by atoms with Gasteiger partial charge in [0.2, 0.25) is 0 Å². The summed E-state index contributed by atoms with van der Waals surface area (Å²) in [5.74, 6) is 0. The van der Waals surface area contributed by atoms with E-state index in [1.54, 1.807) is 11.8 Å². The first-order chi connectivity index (χ1) is 8.61. The number of benzene rings is 1. The van der Waals surface area contributed by atoms with E-state index in [0.717, 1.165) is 6.42 Å². The summed E-state index contributed by atoms with van der Waals surface area (Å²) in [7, 11) is 0. The highest BCUT2D eigenvalue weighted by Crippen LogP contribution is 2.21. The van der Waals surface area contributed by atoms with Gasteiger partial charge in [0.25, 0.3) is 0 Å². The first kappa shape index (κ1) is 15.1. The highest BCUT2D eigenvalue weighted by atomic mass is 32.2. The van der Waals surface area contributed by atoms with Crippen LogP contribution in [0.1, 0.15) is 44.2 Å².